The van der Waals surface area contributed by atoms with Crippen LogP contribution in [0.1, 0.15) is 34.1 Å². The monoisotopic (exact) mass is 334 g/mol. The van der Waals surface area contributed by atoms with E-state index in [1.807, 2.05) is 0 Å². The van der Waals surface area contributed by atoms with Crippen LogP contribution in [-0.4, -0.2) is 20.7 Å². The summed E-state index contributed by atoms with van der Waals surface area (Å²) in [4.78, 5) is 13.2. The van der Waals surface area contributed by atoms with E-state index in [2.05, 4.69) is 68.2 Å². The molecule has 2 atom stereocenters. The molecule has 6 rings (SSSR count). The summed E-state index contributed by atoms with van der Waals surface area (Å²) in [5.74, 6) is 0.791. The maximum absolute atomic E-state index is 13.2. The van der Waals surface area contributed by atoms with Gasteiger partial charge in [0.1, 0.15) is 0 Å². The Morgan fingerprint density at radius 2 is 1.42 bits per heavy atom. The van der Waals surface area contributed by atoms with E-state index in [1.165, 1.54) is 22.3 Å². The zero-order valence-corrected chi connectivity index (χ0v) is 15.4. The highest BCUT2D eigenvalue weighted by Crippen LogP contribution is 2.73. The summed E-state index contributed by atoms with van der Waals surface area (Å²) in [6, 6.07) is 17.5. The quantitative estimate of drug-likeness (QED) is 0.566. The fraction of sp³-hybridized carbons (Fsp3) is 0.381. The van der Waals surface area contributed by atoms with Gasteiger partial charge in [-0.2, -0.15) is 0 Å². The molecule has 3 aliphatic carbocycles. The average molecular weight is 334 g/mol. The number of hydrogen-bond acceptors (Lipinski definition) is 2. The van der Waals surface area contributed by atoms with Crippen molar-refractivity contribution in [2.75, 3.05) is 6.61 Å². The van der Waals surface area contributed by atoms with Gasteiger partial charge in [0.15, 0.2) is 0 Å². The predicted molar refractivity (Wildman–Crippen MR) is 97.1 cm³/mol. The summed E-state index contributed by atoms with van der Waals surface area (Å²) < 4.78 is 5.77. The number of ether oxygens (including phenoxy) is 1. The van der Waals surface area contributed by atoms with E-state index in [4.69, 9.17) is 4.74 Å². The molecule has 0 amide bonds. The molecular weight excluding hydrogens is 312 g/mol. The highest BCUT2D eigenvalue weighted by atomic mass is 28.3. The first-order chi connectivity index (χ1) is 11.5. The van der Waals surface area contributed by atoms with Gasteiger partial charge in [-0.05, 0) is 22.3 Å². The fourth-order valence-electron chi connectivity index (χ4n) is 5.93. The van der Waals surface area contributed by atoms with Crippen molar-refractivity contribution < 1.29 is 9.53 Å². The maximum Gasteiger partial charge on any atom is 0.310 e. The maximum atomic E-state index is 13.2. The number of esters is 1. The van der Waals surface area contributed by atoms with Crippen LogP contribution < -0.4 is 0 Å². The van der Waals surface area contributed by atoms with Crippen molar-refractivity contribution in [2.45, 2.75) is 36.5 Å². The summed E-state index contributed by atoms with van der Waals surface area (Å²) in [5.41, 5.74) is 5.55. The van der Waals surface area contributed by atoms with Crippen molar-refractivity contribution in [3.63, 3.8) is 0 Å². The lowest BCUT2D eigenvalue weighted by atomic mass is 9.54. The van der Waals surface area contributed by atoms with Crippen LogP contribution in [0.2, 0.25) is 24.7 Å². The highest BCUT2D eigenvalue weighted by molar-refractivity contribution is 6.83. The summed E-state index contributed by atoms with van der Waals surface area (Å²) in [5, 5.41) is -0.333. The third kappa shape index (κ3) is 1.42. The van der Waals surface area contributed by atoms with E-state index >= 15 is 0 Å². The van der Waals surface area contributed by atoms with Gasteiger partial charge in [-0.15, -0.1) is 0 Å². The van der Waals surface area contributed by atoms with E-state index in [1.54, 1.807) is 0 Å². The molecule has 3 heteroatoms. The summed E-state index contributed by atoms with van der Waals surface area (Å²) in [7, 11) is -1.84. The van der Waals surface area contributed by atoms with Gasteiger partial charge < -0.3 is 4.74 Å². The lowest BCUT2D eigenvalue weighted by Gasteiger charge is -2.57. The molecule has 2 bridgehead atoms. The van der Waals surface area contributed by atoms with Gasteiger partial charge in [-0.3, -0.25) is 4.79 Å². The Labute approximate surface area is 143 Å². The zero-order chi connectivity index (χ0) is 16.7. The molecule has 1 aliphatic heterocycles. The van der Waals surface area contributed by atoms with Crippen molar-refractivity contribution >= 4 is 14.0 Å². The van der Waals surface area contributed by atoms with Crippen molar-refractivity contribution in [3.05, 3.63) is 70.8 Å². The van der Waals surface area contributed by atoms with Gasteiger partial charge in [-0.25, -0.2) is 0 Å². The zero-order valence-electron chi connectivity index (χ0n) is 14.4. The van der Waals surface area contributed by atoms with E-state index in [0.717, 1.165) is 0 Å². The molecule has 0 aromatic heterocycles. The smallest absolute Gasteiger partial charge is 0.310 e. The molecule has 2 aromatic rings. The molecule has 0 unspecified atom stereocenters. The lowest BCUT2D eigenvalue weighted by molar-refractivity contribution is -0.141. The minimum absolute atomic E-state index is 0.0608. The molecular formula is C21H22O2Si. The molecule has 24 heavy (non-hydrogen) atoms. The fourth-order valence-corrected chi connectivity index (χ4v) is 9.15. The Morgan fingerprint density at radius 1 is 0.917 bits per heavy atom. The van der Waals surface area contributed by atoms with Gasteiger partial charge in [0.05, 0.1) is 19.7 Å². The normalized spacial score (nSPS) is 32.8. The minimum Gasteiger partial charge on any atom is -0.465 e. The minimum atomic E-state index is -1.84. The summed E-state index contributed by atoms with van der Waals surface area (Å²) in [6.07, 6.45) is 0. The molecule has 0 spiro atoms. The molecule has 0 radical (unpaired) electrons. The Balaban J connectivity index is 1.92. The van der Waals surface area contributed by atoms with Gasteiger partial charge in [0, 0.05) is 17.8 Å². The Hall–Kier alpha value is -1.87. The molecule has 1 heterocycles. The molecule has 2 aromatic carbocycles. The summed E-state index contributed by atoms with van der Waals surface area (Å²) in [6.45, 7) is 7.61. The lowest BCUT2D eigenvalue weighted by Crippen LogP contribution is -2.56. The van der Waals surface area contributed by atoms with Gasteiger partial charge >= 0.3 is 5.97 Å². The molecule has 4 aliphatic rings. The van der Waals surface area contributed by atoms with E-state index in [0.29, 0.717) is 12.5 Å². The average Bonchev–Trinajstić information content (AvgIpc) is 2.94. The summed E-state index contributed by atoms with van der Waals surface area (Å²) >= 11 is 0. The number of benzene rings is 2. The van der Waals surface area contributed by atoms with Crippen molar-refractivity contribution in [1.82, 2.24) is 0 Å². The van der Waals surface area contributed by atoms with Crippen LogP contribution in [0.5, 0.6) is 0 Å². The number of rotatable bonds is 1. The van der Waals surface area contributed by atoms with E-state index in [9.17, 15) is 4.79 Å². The molecule has 122 valence electrons. The van der Waals surface area contributed by atoms with Crippen LogP contribution in [0.25, 0.3) is 0 Å². The third-order valence-corrected chi connectivity index (χ3v) is 10.0. The Bertz CT molecular complexity index is 819. The second kappa shape index (κ2) is 4.40. The number of hydrogen-bond donors (Lipinski definition) is 0. The standard InChI is InChI=1S/C21H22O2Si/c1-24(2,3)21-17(12-23-20(21)22)18-13-8-4-6-10-15(13)19(21)16-11-7-5-9-14(16)18/h4-11,17-19H,12H2,1-3H3/t17-,18?,19?,21+/m0/s1. The van der Waals surface area contributed by atoms with Crippen molar-refractivity contribution in [2.24, 2.45) is 5.92 Å². The van der Waals surface area contributed by atoms with E-state index in [-0.39, 0.29) is 22.8 Å². The molecule has 1 fully saturated rings. The molecule has 1 saturated heterocycles. The number of cyclic esters (lactones) is 1. The SMILES string of the molecule is C[Si](C)(C)[C@]12C(=O)OC[C@H]1C1c3ccccc3C2c2ccccc21. The van der Waals surface area contributed by atoms with Crippen LogP contribution in [0.4, 0.5) is 0 Å². The first kappa shape index (κ1) is 14.5. The van der Waals surface area contributed by atoms with Crippen LogP contribution in [0.3, 0.4) is 0 Å². The number of carbonyl (C=O) groups is 1. The third-order valence-electron chi connectivity index (χ3n) is 6.70. The van der Waals surface area contributed by atoms with Crippen molar-refractivity contribution in [1.29, 1.82) is 0 Å². The van der Waals surface area contributed by atoms with Crippen LogP contribution in [0.15, 0.2) is 48.5 Å². The van der Waals surface area contributed by atoms with Gasteiger partial charge in [0.25, 0.3) is 0 Å². The first-order valence-electron chi connectivity index (χ1n) is 8.83. The molecule has 2 nitrogen and oxygen atoms in total. The van der Waals surface area contributed by atoms with Crippen LogP contribution >= 0.6 is 0 Å². The van der Waals surface area contributed by atoms with Crippen LogP contribution in [-0.2, 0) is 9.53 Å². The second-order valence-electron chi connectivity index (χ2n) is 8.49. The predicted octanol–water partition coefficient (Wildman–Crippen LogP) is 4.53. The molecule has 0 N–H and O–H groups in total. The number of carbonyl (C=O) groups excluding carboxylic acids is 1. The van der Waals surface area contributed by atoms with Gasteiger partial charge in [-0.1, -0.05) is 68.2 Å². The second-order valence-corrected chi connectivity index (χ2v) is 13.8. The van der Waals surface area contributed by atoms with E-state index < -0.39 is 8.07 Å². The topological polar surface area (TPSA) is 26.3 Å². The first-order valence-corrected chi connectivity index (χ1v) is 12.3. The molecule has 0 saturated carbocycles. The van der Waals surface area contributed by atoms with Crippen LogP contribution in [0, 0.1) is 5.92 Å². The van der Waals surface area contributed by atoms with Gasteiger partial charge in [0.2, 0.25) is 0 Å². The largest absolute Gasteiger partial charge is 0.465 e. The van der Waals surface area contributed by atoms with Crippen molar-refractivity contribution in [3.8, 4) is 0 Å². The highest BCUT2D eigenvalue weighted by Gasteiger charge is 2.71. The Kier molecular flexibility index (Phi) is 2.65. The Morgan fingerprint density at radius 3 is 1.92 bits per heavy atom.